The van der Waals surface area contributed by atoms with E-state index in [1.165, 1.54) is 0 Å². The fourth-order valence-electron chi connectivity index (χ4n) is 2.37. The number of hydrogen-bond donors (Lipinski definition) is 3. The van der Waals surface area contributed by atoms with Crippen molar-refractivity contribution in [3.8, 4) is 0 Å². The van der Waals surface area contributed by atoms with Gasteiger partial charge in [0.05, 0.1) is 5.56 Å². The van der Waals surface area contributed by atoms with Gasteiger partial charge in [-0.05, 0) is 43.6 Å². The average Bonchev–Trinajstić information content (AvgIpc) is 2.46. The van der Waals surface area contributed by atoms with Gasteiger partial charge in [-0.2, -0.15) is 0 Å². The van der Waals surface area contributed by atoms with Gasteiger partial charge in [0.1, 0.15) is 0 Å². The Morgan fingerprint density at radius 1 is 1.25 bits per heavy atom. The van der Waals surface area contributed by atoms with Crippen molar-refractivity contribution >= 4 is 11.9 Å². The first kappa shape index (κ1) is 14.5. The molecule has 108 valence electrons. The number of nitrogens with one attached hydrogen (secondary N) is 2. The second-order valence-electron chi connectivity index (χ2n) is 5.50. The maximum Gasteiger partial charge on any atom is 0.335 e. The van der Waals surface area contributed by atoms with Gasteiger partial charge in [-0.15, -0.1) is 0 Å². The van der Waals surface area contributed by atoms with Gasteiger partial charge in [0.25, 0.3) is 0 Å². The van der Waals surface area contributed by atoms with Crippen molar-refractivity contribution in [2.24, 2.45) is 5.41 Å². The summed E-state index contributed by atoms with van der Waals surface area (Å²) < 4.78 is 0. The van der Waals surface area contributed by atoms with Crippen LogP contribution in [0.3, 0.4) is 0 Å². The third-order valence-electron chi connectivity index (χ3n) is 3.91. The Labute approximate surface area is 118 Å². The normalized spacial score (nSPS) is 17.4. The van der Waals surface area contributed by atoms with Gasteiger partial charge in [0.2, 0.25) is 5.91 Å². The molecule has 1 heterocycles. The zero-order valence-corrected chi connectivity index (χ0v) is 11.6. The molecule has 1 aliphatic heterocycles. The van der Waals surface area contributed by atoms with E-state index in [1.54, 1.807) is 24.3 Å². The molecule has 0 radical (unpaired) electrons. The van der Waals surface area contributed by atoms with E-state index >= 15 is 0 Å². The zero-order chi connectivity index (χ0) is 14.6. The van der Waals surface area contributed by atoms with Crippen LogP contribution in [0, 0.1) is 5.41 Å². The van der Waals surface area contributed by atoms with Crippen molar-refractivity contribution in [3.63, 3.8) is 0 Å². The van der Waals surface area contributed by atoms with Crippen molar-refractivity contribution < 1.29 is 14.7 Å². The van der Waals surface area contributed by atoms with Crippen molar-refractivity contribution in [3.05, 3.63) is 35.4 Å². The van der Waals surface area contributed by atoms with Gasteiger partial charge >= 0.3 is 5.97 Å². The minimum atomic E-state index is -0.942. The van der Waals surface area contributed by atoms with Crippen LogP contribution in [0.1, 0.15) is 35.7 Å². The number of carbonyl (C=O) groups is 2. The summed E-state index contributed by atoms with van der Waals surface area (Å²) in [6.45, 7) is 4.17. The Morgan fingerprint density at radius 2 is 1.85 bits per heavy atom. The van der Waals surface area contributed by atoms with E-state index in [-0.39, 0.29) is 16.9 Å². The highest BCUT2D eigenvalue weighted by atomic mass is 16.4. The minimum absolute atomic E-state index is 0.0707. The molecule has 1 fully saturated rings. The zero-order valence-electron chi connectivity index (χ0n) is 11.6. The molecular formula is C15H20N2O3. The number of carboxylic acid groups (broad SMARTS) is 1. The van der Waals surface area contributed by atoms with E-state index in [4.69, 9.17) is 5.11 Å². The largest absolute Gasteiger partial charge is 0.478 e. The summed E-state index contributed by atoms with van der Waals surface area (Å²) in [5.74, 6) is -0.871. The van der Waals surface area contributed by atoms with Crippen LogP contribution in [0.2, 0.25) is 0 Å². The highest BCUT2D eigenvalue weighted by Crippen LogP contribution is 2.28. The van der Waals surface area contributed by atoms with Crippen molar-refractivity contribution in [1.82, 2.24) is 10.6 Å². The Hall–Kier alpha value is -1.88. The van der Waals surface area contributed by atoms with Gasteiger partial charge < -0.3 is 15.7 Å². The number of aromatic carboxylic acids is 1. The summed E-state index contributed by atoms with van der Waals surface area (Å²) in [6.07, 6.45) is 1.69. The molecule has 5 heteroatoms. The number of amides is 1. The molecular weight excluding hydrogens is 256 g/mol. The number of carboxylic acids is 1. The van der Waals surface area contributed by atoms with Gasteiger partial charge in [-0.3, -0.25) is 4.79 Å². The van der Waals surface area contributed by atoms with E-state index < -0.39 is 5.97 Å². The first-order valence-electron chi connectivity index (χ1n) is 6.82. The number of hydrogen-bond acceptors (Lipinski definition) is 3. The predicted molar refractivity (Wildman–Crippen MR) is 75.5 cm³/mol. The summed E-state index contributed by atoms with van der Waals surface area (Å²) in [5.41, 5.74) is 0.859. The summed E-state index contributed by atoms with van der Waals surface area (Å²) in [5, 5.41) is 15.0. The van der Waals surface area contributed by atoms with E-state index in [2.05, 4.69) is 10.6 Å². The van der Waals surface area contributed by atoms with Gasteiger partial charge in [0.15, 0.2) is 0 Å². The lowest BCUT2D eigenvalue weighted by Crippen LogP contribution is -2.45. The molecule has 0 aromatic heterocycles. The first-order valence-corrected chi connectivity index (χ1v) is 6.82. The van der Waals surface area contributed by atoms with Crippen LogP contribution in [-0.2, 0) is 11.3 Å². The molecule has 0 bridgehead atoms. The molecule has 0 spiro atoms. The molecule has 1 saturated heterocycles. The fourth-order valence-corrected chi connectivity index (χ4v) is 2.37. The van der Waals surface area contributed by atoms with Crippen molar-refractivity contribution in [2.75, 3.05) is 13.1 Å². The molecule has 20 heavy (non-hydrogen) atoms. The number of carbonyl (C=O) groups excluding carboxylic acids is 1. The second-order valence-corrected chi connectivity index (χ2v) is 5.50. The summed E-state index contributed by atoms with van der Waals surface area (Å²) >= 11 is 0. The lowest BCUT2D eigenvalue weighted by atomic mass is 9.80. The van der Waals surface area contributed by atoms with E-state index in [9.17, 15) is 9.59 Å². The maximum atomic E-state index is 12.2. The van der Waals surface area contributed by atoms with E-state index in [0.717, 1.165) is 31.5 Å². The molecule has 1 aliphatic rings. The topological polar surface area (TPSA) is 78.4 Å². The third kappa shape index (κ3) is 3.36. The minimum Gasteiger partial charge on any atom is -0.478 e. The molecule has 5 nitrogen and oxygen atoms in total. The lowest BCUT2D eigenvalue weighted by molar-refractivity contribution is -0.131. The quantitative estimate of drug-likeness (QED) is 0.776. The Kier molecular flexibility index (Phi) is 4.39. The summed E-state index contributed by atoms with van der Waals surface area (Å²) in [7, 11) is 0. The van der Waals surface area contributed by atoms with E-state index in [1.807, 2.05) is 6.92 Å². The highest BCUT2D eigenvalue weighted by Gasteiger charge is 2.34. The number of piperidine rings is 1. The molecule has 0 saturated carbocycles. The van der Waals surface area contributed by atoms with E-state index in [0.29, 0.717) is 6.54 Å². The SMILES string of the molecule is CC1(C(=O)NCc2ccc(C(=O)O)cc2)CCNCC1. The molecule has 3 N–H and O–H groups in total. The standard InChI is InChI=1S/C15H20N2O3/c1-15(6-8-16-9-7-15)14(20)17-10-11-2-4-12(5-3-11)13(18)19/h2-5,16H,6-10H2,1H3,(H,17,20)(H,18,19). The van der Waals surface area contributed by atoms with Gasteiger partial charge in [-0.25, -0.2) is 4.79 Å². The Morgan fingerprint density at radius 3 is 2.40 bits per heavy atom. The summed E-state index contributed by atoms with van der Waals surface area (Å²) in [6, 6.07) is 6.56. The van der Waals surface area contributed by atoms with Crippen LogP contribution in [0.5, 0.6) is 0 Å². The monoisotopic (exact) mass is 276 g/mol. The molecule has 0 aliphatic carbocycles. The predicted octanol–water partition coefficient (Wildman–Crippen LogP) is 1.39. The molecule has 0 atom stereocenters. The highest BCUT2D eigenvalue weighted by molar-refractivity contribution is 5.87. The average molecular weight is 276 g/mol. The van der Waals surface area contributed by atoms with Crippen LogP contribution < -0.4 is 10.6 Å². The van der Waals surface area contributed by atoms with Gasteiger partial charge in [0, 0.05) is 12.0 Å². The smallest absolute Gasteiger partial charge is 0.335 e. The summed E-state index contributed by atoms with van der Waals surface area (Å²) in [4.78, 5) is 23.0. The second kappa shape index (κ2) is 6.05. The molecule has 2 rings (SSSR count). The molecule has 1 amide bonds. The van der Waals surface area contributed by atoms with Crippen LogP contribution >= 0.6 is 0 Å². The van der Waals surface area contributed by atoms with Crippen LogP contribution in [0.15, 0.2) is 24.3 Å². The number of benzene rings is 1. The lowest BCUT2D eigenvalue weighted by Gasteiger charge is -2.32. The maximum absolute atomic E-state index is 12.2. The Bertz CT molecular complexity index is 490. The third-order valence-corrected chi connectivity index (χ3v) is 3.91. The van der Waals surface area contributed by atoms with Crippen LogP contribution in [0.4, 0.5) is 0 Å². The van der Waals surface area contributed by atoms with Crippen molar-refractivity contribution in [1.29, 1.82) is 0 Å². The molecule has 1 aromatic carbocycles. The van der Waals surface area contributed by atoms with Gasteiger partial charge in [-0.1, -0.05) is 19.1 Å². The Balaban J connectivity index is 1.91. The van der Waals surface area contributed by atoms with Crippen LogP contribution in [-0.4, -0.2) is 30.1 Å². The fraction of sp³-hybridized carbons (Fsp3) is 0.467. The first-order chi connectivity index (χ1) is 9.51. The number of rotatable bonds is 4. The van der Waals surface area contributed by atoms with Crippen LogP contribution in [0.25, 0.3) is 0 Å². The molecule has 0 unspecified atom stereocenters. The van der Waals surface area contributed by atoms with Crippen molar-refractivity contribution in [2.45, 2.75) is 26.3 Å². The molecule has 1 aromatic rings.